The van der Waals surface area contributed by atoms with Gasteiger partial charge in [0.05, 0.1) is 12.7 Å². The van der Waals surface area contributed by atoms with E-state index < -0.39 is 0 Å². The fraction of sp³-hybridized carbons (Fsp3) is 0.105. The summed E-state index contributed by atoms with van der Waals surface area (Å²) < 4.78 is 14.8. The highest BCUT2D eigenvalue weighted by Crippen LogP contribution is 2.15. The van der Waals surface area contributed by atoms with Crippen molar-refractivity contribution in [1.82, 2.24) is 15.0 Å². The van der Waals surface area contributed by atoms with E-state index in [-0.39, 0.29) is 11.7 Å². The lowest BCUT2D eigenvalue weighted by atomic mass is 10.2. The molecule has 0 atom stereocenters. The number of nitrogens with one attached hydrogen (secondary N) is 1. The fourth-order valence-corrected chi connectivity index (χ4v) is 2.34. The summed E-state index contributed by atoms with van der Waals surface area (Å²) in [5.41, 5.74) is 2.94. The molecule has 0 bridgehead atoms. The molecule has 25 heavy (non-hydrogen) atoms. The highest BCUT2D eigenvalue weighted by atomic mass is 19.1. The quantitative estimate of drug-likeness (QED) is 0.726. The third-order valence-corrected chi connectivity index (χ3v) is 3.60. The number of aryl methyl sites for hydroxylation is 1. The van der Waals surface area contributed by atoms with E-state index in [2.05, 4.69) is 15.6 Å². The maximum atomic E-state index is 13.1. The van der Waals surface area contributed by atoms with Gasteiger partial charge >= 0.3 is 0 Å². The number of rotatable bonds is 5. The molecule has 1 amide bonds. The summed E-state index contributed by atoms with van der Waals surface area (Å²) in [4.78, 5) is 12.0. The molecule has 0 saturated carbocycles. The molecular weight excluding hydrogens is 319 g/mol. The molecule has 0 aliphatic heterocycles. The fourth-order valence-electron chi connectivity index (χ4n) is 2.34. The molecule has 1 aromatic heterocycles. The summed E-state index contributed by atoms with van der Waals surface area (Å²) >= 11 is 0. The van der Waals surface area contributed by atoms with Crippen LogP contribution in [-0.4, -0.2) is 20.9 Å². The number of halogens is 1. The largest absolute Gasteiger partial charge is 0.322 e. The first-order chi connectivity index (χ1) is 12.1. The molecule has 0 aliphatic rings. The Morgan fingerprint density at radius 2 is 2.04 bits per heavy atom. The Bertz CT molecular complexity index is 903. The summed E-state index contributed by atoms with van der Waals surface area (Å²) in [5.74, 6) is -0.645. The maximum absolute atomic E-state index is 13.1. The van der Waals surface area contributed by atoms with Gasteiger partial charge in [-0.3, -0.25) is 4.79 Å². The van der Waals surface area contributed by atoms with Gasteiger partial charge in [0.15, 0.2) is 0 Å². The highest BCUT2D eigenvalue weighted by molar-refractivity contribution is 6.02. The number of amides is 1. The lowest BCUT2D eigenvalue weighted by molar-refractivity contribution is -0.111. The van der Waals surface area contributed by atoms with Gasteiger partial charge in [0, 0.05) is 11.8 Å². The standard InChI is InChI=1S/C19H17FN4O/c1-14-11-16(20)7-9-18(14)21-19(25)10-8-17-13-24(23-22-17)12-15-5-3-2-4-6-15/h2-11,13H,12H2,1H3,(H,21,25)/b10-8+. The Hall–Kier alpha value is -3.28. The predicted octanol–water partition coefficient (Wildman–Crippen LogP) is 3.43. The topological polar surface area (TPSA) is 59.8 Å². The second kappa shape index (κ2) is 7.53. The smallest absolute Gasteiger partial charge is 0.248 e. The Morgan fingerprint density at radius 3 is 2.80 bits per heavy atom. The van der Waals surface area contributed by atoms with Gasteiger partial charge in [-0.25, -0.2) is 9.07 Å². The van der Waals surface area contributed by atoms with E-state index in [4.69, 9.17) is 0 Å². The van der Waals surface area contributed by atoms with Crippen LogP contribution < -0.4 is 5.32 Å². The molecule has 5 nitrogen and oxygen atoms in total. The summed E-state index contributed by atoms with van der Waals surface area (Å²) in [5, 5.41) is 10.8. The molecule has 1 N–H and O–H groups in total. The molecule has 2 aromatic carbocycles. The molecule has 0 radical (unpaired) electrons. The van der Waals surface area contributed by atoms with Gasteiger partial charge in [0.2, 0.25) is 5.91 Å². The Kier molecular flexibility index (Phi) is 4.99. The summed E-state index contributed by atoms with van der Waals surface area (Å²) in [6.07, 6.45) is 4.72. The van der Waals surface area contributed by atoms with E-state index in [0.29, 0.717) is 23.5 Å². The van der Waals surface area contributed by atoms with Crippen LogP contribution in [0.15, 0.2) is 60.8 Å². The SMILES string of the molecule is Cc1cc(F)ccc1NC(=O)/C=C/c1cn(Cc2ccccc2)nn1. The number of hydrogen-bond acceptors (Lipinski definition) is 3. The number of benzene rings is 2. The zero-order valence-electron chi connectivity index (χ0n) is 13.7. The van der Waals surface area contributed by atoms with Crippen LogP contribution in [-0.2, 0) is 11.3 Å². The summed E-state index contributed by atoms with van der Waals surface area (Å²) in [6.45, 7) is 2.35. The van der Waals surface area contributed by atoms with Gasteiger partial charge in [-0.15, -0.1) is 5.10 Å². The molecule has 3 rings (SSSR count). The van der Waals surface area contributed by atoms with Crippen molar-refractivity contribution in [2.24, 2.45) is 0 Å². The van der Waals surface area contributed by atoms with Gasteiger partial charge in [0.1, 0.15) is 11.5 Å². The summed E-state index contributed by atoms with van der Waals surface area (Å²) in [6, 6.07) is 14.1. The minimum absolute atomic E-state index is 0.313. The monoisotopic (exact) mass is 336 g/mol. The van der Waals surface area contributed by atoms with E-state index in [1.54, 1.807) is 23.9 Å². The van der Waals surface area contributed by atoms with Gasteiger partial charge in [-0.05, 0) is 42.3 Å². The zero-order chi connectivity index (χ0) is 17.6. The molecule has 0 spiro atoms. The molecule has 1 heterocycles. The second-order valence-corrected chi connectivity index (χ2v) is 5.61. The van der Waals surface area contributed by atoms with Crippen molar-refractivity contribution < 1.29 is 9.18 Å². The number of anilines is 1. The van der Waals surface area contributed by atoms with Crippen LogP contribution in [0.25, 0.3) is 6.08 Å². The van der Waals surface area contributed by atoms with E-state index in [1.165, 1.54) is 24.3 Å². The lowest BCUT2D eigenvalue weighted by Gasteiger charge is -2.05. The molecule has 6 heteroatoms. The van der Waals surface area contributed by atoms with Crippen LogP contribution in [0.3, 0.4) is 0 Å². The molecule has 0 fully saturated rings. The number of aromatic nitrogens is 3. The first-order valence-corrected chi connectivity index (χ1v) is 7.79. The molecule has 0 aliphatic carbocycles. The maximum Gasteiger partial charge on any atom is 0.248 e. The first-order valence-electron chi connectivity index (χ1n) is 7.79. The predicted molar refractivity (Wildman–Crippen MR) is 94.4 cm³/mol. The van der Waals surface area contributed by atoms with E-state index in [1.807, 2.05) is 30.3 Å². The second-order valence-electron chi connectivity index (χ2n) is 5.61. The average molecular weight is 336 g/mol. The van der Waals surface area contributed by atoms with Crippen molar-refractivity contribution in [3.05, 3.63) is 83.4 Å². The highest BCUT2D eigenvalue weighted by Gasteiger charge is 2.04. The van der Waals surface area contributed by atoms with Crippen LogP contribution in [0.2, 0.25) is 0 Å². The Labute approximate surface area is 144 Å². The molecule has 0 saturated heterocycles. The van der Waals surface area contributed by atoms with Crippen molar-refractivity contribution >= 4 is 17.7 Å². The molecule has 3 aromatic rings. The van der Waals surface area contributed by atoms with Gasteiger partial charge < -0.3 is 5.32 Å². The van der Waals surface area contributed by atoms with Crippen molar-refractivity contribution in [2.45, 2.75) is 13.5 Å². The Balaban J connectivity index is 1.61. The number of carbonyl (C=O) groups is 1. The van der Waals surface area contributed by atoms with Crippen molar-refractivity contribution in [3.63, 3.8) is 0 Å². The minimum Gasteiger partial charge on any atom is -0.322 e. The number of nitrogens with zero attached hydrogens (tertiary/aromatic N) is 3. The molecular formula is C19H17FN4O. The zero-order valence-corrected chi connectivity index (χ0v) is 13.7. The number of carbonyl (C=O) groups excluding carboxylic acids is 1. The third-order valence-electron chi connectivity index (χ3n) is 3.60. The molecule has 126 valence electrons. The number of hydrogen-bond donors (Lipinski definition) is 1. The van der Waals surface area contributed by atoms with Crippen LogP contribution in [0.5, 0.6) is 0 Å². The summed E-state index contributed by atoms with van der Waals surface area (Å²) in [7, 11) is 0. The minimum atomic E-state index is -0.332. The normalized spacial score (nSPS) is 11.0. The van der Waals surface area contributed by atoms with Gasteiger partial charge in [-0.2, -0.15) is 0 Å². The third kappa shape index (κ3) is 4.60. The van der Waals surface area contributed by atoms with Crippen molar-refractivity contribution in [1.29, 1.82) is 0 Å². The lowest BCUT2D eigenvalue weighted by Crippen LogP contribution is -2.09. The van der Waals surface area contributed by atoms with Gasteiger partial charge in [-0.1, -0.05) is 35.5 Å². The average Bonchev–Trinajstić information content (AvgIpc) is 3.04. The first kappa shape index (κ1) is 16.6. The van der Waals surface area contributed by atoms with Crippen LogP contribution in [0.4, 0.5) is 10.1 Å². The van der Waals surface area contributed by atoms with Crippen molar-refractivity contribution in [3.8, 4) is 0 Å². The van der Waals surface area contributed by atoms with Crippen LogP contribution >= 0.6 is 0 Å². The van der Waals surface area contributed by atoms with Gasteiger partial charge in [0.25, 0.3) is 0 Å². The van der Waals surface area contributed by atoms with Crippen LogP contribution in [0.1, 0.15) is 16.8 Å². The van der Waals surface area contributed by atoms with E-state index >= 15 is 0 Å². The van der Waals surface area contributed by atoms with E-state index in [9.17, 15) is 9.18 Å². The van der Waals surface area contributed by atoms with Crippen molar-refractivity contribution in [2.75, 3.05) is 5.32 Å². The van der Waals surface area contributed by atoms with E-state index in [0.717, 1.165) is 5.56 Å². The van der Waals surface area contributed by atoms with Crippen LogP contribution in [0, 0.1) is 12.7 Å². The molecule has 0 unspecified atom stereocenters. The Morgan fingerprint density at radius 1 is 1.24 bits per heavy atom.